The molecule has 10 aromatic carbocycles. The molecule has 0 saturated carbocycles. The summed E-state index contributed by atoms with van der Waals surface area (Å²) in [6.07, 6.45) is 0. The van der Waals surface area contributed by atoms with Crippen molar-refractivity contribution in [3.63, 3.8) is 0 Å². The van der Waals surface area contributed by atoms with E-state index in [0.717, 1.165) is 90.2 Å². The summed E-state index contributed by atoms with van der Waals surface area (Å²) < 4.78 is 13.8. The van der Waals surface area contributed by atoms with Crippen molar-refractivity contribution < 1.29 is 9.47 Å². The predicted octanol–water partition coefficient (Wildman–Crippen LogP) is 16.4. The van der Waals surface area contributed by atoms with Crippen molar-refractivity contribution in [3.05, 3.63) is 243 Å². The Labute approximate surface area is 385 Å². The lowest BCUT2D eigenvalue weighted by Gasteiger charge is -2.27. The van der Waals surface area contributed by atoms with Crippen LogP contribution in [0.3, 0.4) is 0 Å². The number of ether oxygens (including phenoxy) is 2. The Morgan fingerprint density at radius 2 is 0.697 bits per heavy atom. The molecule has 318 valence electrons. The molecule has 0 saturated heterocycles. The number of rotatable bonds is 12. The molecule has 0 atom stereocenters. The third kappa shape index (κ3) is 7.40. The summed E-state index contributed by atoms with van der Waals surface area (Å²) in [5, 5.41) is 4.64. The van der Waals surface area contributed by atoms with Gasteiger partial charge in [-0.3, -0.25) is 0 Å². The number of hydrogen-bond acceptors (Lipinski definition) is 5. The second-order valence-corrected chi connectivity index (χ2v) is 16.2. The molecule has 0 bridgehead atoms. The minimum atomic E-state index is 0.795. The van der Waals surface area contributed by atoms with Gasteiger partial charge in [0.25, 0.3) is 0 Å². The molecule has 0 N–H and O–H groups in total. The van der Waals surface area contributed by atoms with Gasteiger partial charge in [0, 0.05) is 79.5 Å². The maximum atomic E-state index is 5.73. The zero-order valence-corrected chi connectivity index (χ0v) is 36.7. The van der Waals surface area contributed by atoms with E-state index in [-0.39, 0.29) is 0 Å². The minimum absolute atomic E-state index is 0.795. The number of para-hydroxylation sites is 3. The standard InChI is InChI=1S/C60H46N4O2/c1-65-53-27-15-25-49(39-53)61(44-19-6-3-7-20-44)51-35-37-59-56(41-51)57-42-52(62(45-21-8-4-9-22-45)50-26-16-28-54(40-50)66-2)36-38-60(57)64(59)48-33-31-47(32-34-48)63(46-23-10-5-11-24-46)58-30-14-18-43-17-12-13-29-55(43)58/h3-42H,1-2H3. The summed E-state index contributed by atoms with van der Waals surface area (Å²) in [5.41, 5.74) is 12.7. The van der Waals surface area contributed by atoms with Gasteiger partial charge in [-0.1, -0.05) is 103 Å². The van der Waals surface area contributed by atoms with Crippen molar-refractivity contribution in [2.75, 3.05) is 28.9 Å². The highest BCUT2D eigenvalue weighted by atomic mass is 16.5. The normalized spacial score (nSPS) is 11.2. The maximum absolute atomic E-state index is 5.73. The van der Waals surface area contributed by atoms with Crippen LogP contribution in [0.25, 0.3) is 38.3 Å². The SMILES string of the molecule is COc1cccc(N(c2ccccc2)c2ccc3c(c2)c2cc(N(c4ccccc4)c4cccc(OC)c4)ccc2n3-c2ccc(N(c3ccccc3)c3cccc4ccccc34)cc2)c1. The molecule has 0 amide bonds. The average Bonchev–Trinajstić information content (AvgIpc) is 3.71. The fraction of sp³-hybridized carbons (Fsp3) is 0.0333. The first-order valence-corrected chi connectivity index (χ1v) is 22.2. The van der Waals surface area contributed by atoms with Gasteiger partial charge in [-0.25, -0.2) is 0 Å². The molecule has 11 aromatic rings. The number of hydrogen-bond donors (Lipinski definition) is 0. The molecule has 0 unspecified atom stereocenters. The van der Waals surface area contributed by atoms with Gasteiger partial charge in [0.2, 0.25) is 0 Å². The Bertz CT molecular complexity index is 3310. The first-order chi connectivity index (χ1) is 32.6. The second kappa shape index (κ2) is 17.4. The van der Waals surface area contributed by atoms with Crippen LogP contribution in [-0.4, -0.2) is 18.8 Å². The fourth-order valence-corrected chi connectivity index (χ4v) is 9.26. The van der Waals surface area contributed by atoms with Crippen molar-refractivity contribution in [1.82, 2.24) is 4.57 Å². The smallest absolute Gasteiger partial charge is 0.120 e. The van der Waals surface area contributed by atoms with Crippen molar-refractivity contribution in [3.8, 4) is 17.2 Å². The largest absolute Gasteiger partial charge is 0.497 e. The van der Waals surface area contributed by atoms with Crippen molar-refractivity contribution in [2.45, 2.75) is 0 Å². The number of nitrogens with zero attached hydrogens (tertiary/aromatic N) is 4. The van der Waals surface area contributed by atoms with Gasteiger partial charge in [-0.2, -0.15) is 0 Å². The number of benzene rings is 10. The van der Waals surface area contributed by atoms with E-state index in [1.54, 1.807) is 14.2 Å². The highest BCUT2D eigenvalue weighted by Gasteiger charge is 2.22. The summed E-state index contributed by atoms with van der Waals surface area (Å²) in [5.74, 6) is 1.59. The zero-order chi connectivity index (χ0) is 44.4. The first-order valence-electron chi connectivity index (χ1n) is 22.2. The number of aromatic nitrogens is 1. The Kier molecular flexibility index (Phi) is 10.6. The van der Waals surface area contributed by atoms with Crippen LogP contribution >= 0.6 is 0 Å². The van der Waals surface area contributed by atoms with Crippen LogP contribution in [-0.2, 0) is 0 Å². The quantitative estimate of drug-likeness (QED) is 0.122. The van der Waals surface area contributed by atoms with Crippen LogP contribution in [0.2, 0.25) is 0 Å². The molecule has 1 heterocycles. The van der Waals surface area contributed by atoms with Gasteiger partial charge in [0.05, 0.1) is 30.9 Å². The summed E-state index contributed by atoms with van der Waals surface area (Å²) in [6, 6.07) is 85.9. The second-order valence-electron chi connectivity index (χ2n) is 16.2. The Balaban J connectivity index is 1.12. The highest BCUT2D eigenvalue weighted by molar-refractivity contribution is 6.12. The van der Waals surface area contributed by atoms with Gasteiger partial charge in [0.1, 0.15) is 11.5 Å². The molecule has 0 aliphatic rings. The first kappa shape index (κ1) is 40.1. The lowest BCUT2D eigenvalue weighted by molar-refractivity contribution is 0.415. The van der Waals surface area contributed by atoms with Crippen LogP contribution in [0, 0.1) is 0 Å². The molecule has 0 radical (unpaired) electrons. The summed E-state index contributed by atoms with van der Waals surface area (Å²) in [4.78, 5) is 6.94. The molecular formula is C60H46N4O2. The monoisotopic (exact) mass is 854 g/mol. The predicted molar refractivity (Wildman–Crippen MR) is 275 cm³/mol. The molecular weight excluding hydrogens is 809 g/mol. The lowest BCUT2D eigenvalue weighted by Crippen LogP contribution is -2.10. The summed E-state index contributed by atoms with van der Waals surface area (Å²) in [7, 11) is 3.42. The van der Waals surface area contributed by atoms with E-state index in [0.29, 0.717) is 0 Å². The molecule has 0 spiro atoms. The lowest BCUT2D eigenvalue weighted by atomic mass is 10.1. The molecule has 66 heavy (non-hydrogen) atoms. The molecule has 6 nitrogen and oxygen atoms in total. The molecule has 6 heteroatoms. The van der Waals surface area contributed by atoms with E-state index >= 15 is 0 Å². The van der Waals surface area contributed by atoms with E-state index in [4.69, 9.17) is 9.47 Å². The number of methoxy groups -OCH3 is 2. The van der Waals surface area contributed by atoms with Crippen LogP contribution in [0.1, 0.15) is 0 Å². The van der Waals surface area contributed by atoms with Crippen molar-refractivity contribution in [2.24, 2.45) is 0 Å². The average molecular weight is 855 g/mol. The van der Waals surface area contributed by atoms with Crippen LogP contribution in [0.4, 0.5) is 51.2 Å². The van der Waals surface area contributed by atoms with Crippen LogP contribution in [0.15, 0.2) is 243 Å². The third-order valence-corrected chi connectivity index (χ3v) is 12.3. The minimum Gasteiger partial charge on any atom is -0.497 e. The van der Waals surface area contributed by atoms with Gasteiger partial charge in [0.15, 0.2) is 0 Å². The molecule has 0 aliphatic carbocycles. The molecule has 1 aromatic heterocycles. The van der Waals surface area contributed by atoms with Gasteiger partial charge < -0.3 is 28.7 Å². The van der Waals surface area contributed by atoms with E-state index in [1.165, 1.54) is 10.8 Å². The fourth-order valence-electron chi connectivity index (χ4n) is 9.26. The van der Waals surface area contributed by atoms with Gasteiger partial charge >= 0.3 is 0 Å². The number of anilines is 9. The van der Waals surface area contributed by atoms with Crippen LogP contribution < -0.4 is 24.2 Å². The Hall–Kier alpha value is -8.74. The van der Waals surface area contributed by atoms with Gasteiger partial charge in [-0.15, -0.1) is 0 Å². The molecule has 11 rings (SSSR count). The van der Waals surface area contributed by atoms with E-state index in [2.05, 4.69) is 238 Å². The van der Waals surface area contributed by atoms with E-state index in [9.17, 15) is 0 Å². The topological polar surface area (TPSA) is 33.1 Å². The molecule has 0 fully saturated rings. The maximum Gasteiger partial charge on any atom is 0.120 e. The van der Waals surface area contributed by atoms with Crippen molar-refractivity contribution in [1.29, 1.82) is 0 Å². The van der Waals surface area contributed by atoms with Crippen molar-refractivity contribution >= 4 is 83.8 Å². The number of fused-ring (bicyclic) bond motifs is 4. The summed E-state index contributed by atoms with van der Waals surface area (Å²) in [6.45, 7) is 0. The van der Waals surface area contributed by atoms with Gasteiger partial charge in [-0.05, 0) is 133 Å². The van der Waals surface area contributed by atoms with Crippen LogP contribution in [0.5, 0.6) is 11.5 Å². The summed E-state index contributed by atoms with van der Waals surface area (Å²) >= 11 is 0. The highest BCUT2D eigenvalue weighted by Crippen LogP contribution is 2.45. The zero-order valence-electron chi connectivity index (χ0n) is 36.7. The van der Waals surface area contributed by atoms with E-state index < -0.39 is 0 Å². The Morgan fingerprint density at radius 1 is 0.303 bits per heavy atom. The Morgan fingerprint density at radius 3 is 1.21 bits per heavy atom. The van der Waals surface area contributed by atoms with E-state index in [1.807, 2.05) is 24.3 Å². The molecule has 0 aliphatic heterocycles. The third-order valence-electron chi connectivity index (χ3n) is 12.3.